The maximum absolute atomic E-state index is 12.5. The molecule has 0 bridgehead atoms. The van der Waals surface area contributed by atoms with E-state index in [9.17, 15) is 9.59 Å². The highest BCUT2D eigenvalue weighted by molar-refractivity contribution is 5.70. The molecule has 0 N–H and O–H groups in total. The van der Waals surface area contributed by atoms with Crippen molar-refractivity contribution >= 4 is 11.2 Å². The number of nitrogens with zero attached hydrogens (tertiary/aromatic N) is 7. The Kier molecular flexibility index (Phi) is 4.65. The first kappa shape index (κ1) is 17.7. The summed E-state index contributed by atoms with van der Waals surface area (Å²) in [7, 11) is 3.04. The van der Waals surface area contributed by atoms with E-state index >= 15 is 0 Å². The number of likely N-dealkylation sites (tertiary alicyclic amines) is 1. The summed E-state index contributed by atoms with van der Waals surface area (Å²) < 4.78 is 9.43. The van der Waals surface area contributed by atoms with Crippen LogP contribution in [0.1, 0.15) is 31.0 Å². The maximum Gasteiger partial charge on any atom is 0.332 e. The smallest absolute Gasteiger partial charge is 0.332 e. The van der Waals surface area contributed by atoms with Gasteiger partial charge in [0, 0.05) is 27.1 Å². The highest BCUT2D eigenvalue weighted by Gasteiger charge is 2.17. The maximum atomic E-state index is 12.5. The molecule has 144 valence electrons. The first-order valence-electron chi connectivity index (χ1n) is 9.19. The Bertz CT molecular complexity index is 1070. The van der Waals surface area contributed by atoms with Gasteiger partial charge in [-0.2, -0.15) is 4.98 Å². The van der Waals surface area contributed by atoms with Gasteiger partial charge in [-0.05, 0) is 25.9 Å². The van der Waals surface area contributed by atoms with Crippen LogP contribution in [0, 0.1) is 0 Å². The number of hydrogen-bond acceptors (Lipinski definition) is 7. The van der Waals surface area contributed by atoms with E-state index in [1.807, 2.05) is 0 Å². The Morgan fingerprint density at radius 2 is 1.89 bits per heavy atom. The summed E-state index contributed by atoms with van der Waals surface area (Å²) in [6.45, 7) is 3.43. The van der Waals surface area contributed by atoms with Gasteiger partial charge in [-0.1, -0.05) is 11.6 Å². The Balaban J connectivity index is 1.52. The van der Waals surface area contributed by atoms with E-state index in [2.05, 4.69) is 20.0 Å². The van der Waals surface area contributed by atoms with Crippen molar-refractivity contribution < 1.29 is 4.52 Å². The van der Waals surface area contributed by atoms with Crippen molar-refractivity contribution in [2.75, 3.05) is 19.6 Å². The van der Waals surface area contributed by atoms with Crippen LogP contribution in [0.25, 0.3) is 11.2 Å². The van der Waals surface area contributed by atoms with E-state index in [1.54, 1.807) is 11.6 Å². The zero-order valence-electron chi connectivity index (χ0n) is 15.6. The zero-order valence-corrected chi connectivity index (χ0v) is 15.6. The fourth-order valence-corrected chi connectivity index (χ4v) is 3.56. The number of aromatic nitrogens is 6. The topological polar surface area (TPSA) is 104 Å². The van der Waals surface area contributed by atoms with Crippen molar-refractivity contribution in [2.24, 2.45) is 14.1 Å². The first-order chi connectivity index (χ1) is 13.0. The molecule has 0 aliphatic carbocycles. The molecule has 3 aromatic heterocycles. The third-order valence-electron chi connectivity index (χ3n) is 5.13. The van der Waals surface area contributed by atoms with Crippen molar-refractivity contribution in [3.05, 3.63) is 38.9 Å². The molecule has 4 rings (SSSR count). The molecule has 1 fully saturated rings. The summed E-state index contributed by atoms with van der Waals surface area (Å²) in [5.41, 5.74) is -0.104. The third-order valence-corrected chi connectivity index (χ3v) is 5.13. The number of aryl methyl sites for hydroxylation is 1. The van der Waals surface area contributed by atoms with Crippen LogP contribution in [0.15, 0.2) is 20.4 Å². The van der Waals surface area contributed by atoms with Crippen molar-refractivity contribution in [2.45, 2.75) is 32.2 Å². The van der Waals surface area contributed by atoms with Crippen LogP contribution in [0.5, 0.6) is 0 Å². The summed E-state index contributed by atoms with van der Waals surface area (Å²) in [4.78, 5) is 35.5. The van der Waals surface area contributed by atoms with Gasteiger partial charge >= 0.3 is 5.69 Å². The molecule has 1 saturated heterocycles. The Hall–Kier alpha value is -2.75. The lowest BCUT2D eigenvalue weighted by molar-refractivity contribution is 0.223. The van der Waals surface area contributed by atoms with Gasteiger partial charge in [0.15, 0.2) is 17.0 Å². The molecule has 0 atom stereocenters. The molecule has 10 heteroatoms. The van der Waals surface area contributed by atoms with E-state index in [-0.39, 0.29) is 12.1 Å². The molecule has 10 nitrogen and oxygen atoms in total. The molecule has 0 unspecified atom stereocenters. The molecule has 1 aliphatic rings. The van der Waals surface area contributed by atoms with Gasteiger partial charge in [0.1, 0.15) is 0 Å². The zero-order chi connectivity index (χ0) is 19.0. The van der Waals surface area contributed by atoms with Gasteiger partial charge < -0.3 is 14.0 Å². The van der Waals surface area contributed by atoms with Gasteiger partial charge in [0.25, 0.3) is 5.56 Å². The van der Waals surface area contributed by atoms with Crippen LogP contribution in [-0.2, 0) is 27.1 Å². The predicted octanol–water partition coefficient (Wildman–Crippen LogP) is -0.107. The Labute approximate surface area is 155 Å². The minimum Gasteiger partial charge on any atom is -0.339 e. The Morgan fingerprint density at radius 1 is 1.11 bits per heavy atom. The van der Waals surface area contributed by atoms with Gasteiger partial charge in [-0.25, -0.2) is 9.78 Å². The van der Waals surface area contributed by atoms with Crippen molar-refractivity contribution in [1.29, 1.82) is 0 Å². The second-order valence-electron chi connectivity index (χ2n) is 7.01. The number of hydrogen-bond donors (Lipinski definition) is 0. The monoisotopic (exact) mass is 373 g/mol. The number of piperidine rings is 1. The minimum absolute atomic E-state index is 0.261. The molecular formula is C17H23N7O3. The van der Waals surface area contributed by atoms with Crippen molar-refractivity contribution in [3.63, 3.8) is 0 Å². The summed E-state index contributed by atoms with van der Waals surface area (Å²) >= 11 is 0. The Morgan fingerprint density at radius 3 is 2.67 bits per heavy atom. The second kappa shape index (κ2) is 7.10. The number of rotatable bonds is 5. The van der Waals surface area contributed by atoms with Crippen LogP contribution < -0.4 is 11.2 Å². The standard InChI is InChI=1S/C17H23N7O3/c1-21-15-14(16(25)22(2)17(21)26)24(11-18-15)10-12-19-13(27-20-12)6-9-23-7-4-3-5-8-23/h11H,3-10H2,1-2H3. The minimum atomic E-state index is -0.405. The first-order valence-corrected chi connectivity index (χ1v) is 9.19. The molecule has 0 aromatic carbocycles. The van der Waals surface area contributed by atoms with E-state index in [1.165, 1.54) is 37.2 Å². The average Bonchev–Trinajstić information content (AvgIpc) is 3.31. The largest absolute Gasteiger partial charge is 0.339 e. The SMILES string of the molecule is Cn1c(=O)c2c(ncn2Cc2noc(CCN3CCCCC3)n2)n(C)c1=O. The summed E-state index contributed by atoms with van der Waals surface area (Å²) in [6, 6.07) is 0. The molecule has 3 aromatic rings. The molecule has 0 saturated carbocycles. The summed E-state index contributed by atoms with van der Waals surface area (Å²) in [5.74, 6) is 1.08. The third kappa shape index (κ3) is 3.32. The van der Waals surface area contributed by atoms with Crippen LogP contribution >= 0.6 is 0 Å². The van der Waals surface area contributed by atoms with E-state index in [4.69, 9.17) is 4.52 Å². The van der Waals surface area contributed by atoms with E-state index < -0.39 is 5.69 Å². The van der Waals surface area contributed by atoms with E-state index in [0.717, 1.165) is 24.2 Å². The molecule has 4 heterocycles. The molecule has 0 spiro atoms. The fourth-order valence-electron chi connectivity index (χ4n) is 3.56. The average molecular weight is 373 g/mol. The van der Waals surface area contributed by atoms with Gasteiger partial charge in [0.2, 0.25) is 5.89 Å². The van der Waals surface area contributed by atoms with E-state index in [0.29, 0.717) is 29.3 Å². The number of fused-ring (bicyclic) bond motifs is 1. The highest BCUT2D eigenvalue weighted by Crippen LogP contribution is 2.11. The van der Waals surface area contributed by atoms with Crippen molar-refractivity contribution in [1.82, 2.24) is 33.7 Å². The van der Waals surface area contributed by atoms with Gasteiger partial charge in [-0.3, -0.25) is 13.9 Å². The second-order valence-corrected chi connectivity index (χ2v) is 7.01. The molecule has 1 aliphatic heterocycles. The van der Waals surface area contributed by atoms with Gasteiger partial charge in [-0.15, -0.1) is 0 Å². The number of imidazole rings is 1. The lowest BCUT2D eigenvalue weighted by atomic mass is 10.1. The van der Waals surface area contributed by atoms with Crippen LogP contribution in [0.4, 0.5) is 0 Å². The van der Waals surface area contributed by atoms with Gasteiger partial charge in [0.05, 0.1) is 12.9 Å². The van der Waals surface area contributed by atoms with Crippen LogP contribution in [0.2, 0.25) is 0 Å². The van der Waals surface area contributed by atoms with Crippen molar-refractivity contribution in [3.8, 4) is 0 Å². The molecular weight excluding hydrogens is 350 g/mol. The fraction of sp³-hybridized carbons (Fsp3) is 0.588. The molecule has 0 radical (unpaired) electrons. The molecule has 27 heavy (non-hydrogen) atoms. The summed E-state index contributed by atoms with van der Waals surface area (Å²) in [6.07, 6.45) is 6.05. The summed E-state index contributed by atoms with van der Waals surface area (Å²) in [5, 5.41) is 4.02. The predicted molar refractivity (Wildman–Crippen MR) is 97.6 cm³/mol. The lowest BCUT2D eigenvalue weighted by Gasteiger charge is -2.25. The molecule has 0 amide bonds. The van der Waals surface area contributed by atoms with Crippen LogP contribution in [0.3, 0.4) is 0 Å². The lowest BCUT2D eigenvalue weighted by Crippen LogP contribution is -2.37. The quantitative estimate of drug-likeness (QED) is 0.615. The normalized spacial score (nSPS) is 15.6. The highest BCUT2D eigenvalue weighted by atomic mass is 16.5. The van der Waals surface area contributed by atoms with Crippen LogP contribution in [-0.4, -0.2) is 53.4 Å².